The zero-order chi connectivity index (χ0) is 17.8. The highest BCUT2D eigenvalue weighted by Gasteiger charge is 2.28. The average Bonchev–Trinajstić information content (AvgIpc) is 3.06. The lowest BCUT2D eigenvalue weighted by atomic mass is 9.78. The molecule has 0 aliphatic heterocycles. The zero-order valence-corrected chi connectivity index (χ0v) is 15.8. The van der Waals surface area contributed by atoms with Gasteiger partial charge in [0.15, 0.2) is 0 Å². The minimum atomic E-state index is 0.0336. The first-order valence-electron chi connectivity index (χ1n) is 8.85. The van der Waals surface area contributed by atoms with E-state index in [0.29, 0.717) is 28.7 Å². The molecule has 1 aromatic heterocycles. The number of aromatic nitrogens is 2. The van der Waals surface area contributed by atoms with Crippen LogP contribution in [0.15, 0.2) is 33.9 Å². The van der Waals surface area contributed by atoms with E-state index in [4.69, 9.17) is 4.42 Å². The Morgan fingerprint density at radius 3 is 2.96 bits per heavy atom. The van der Waals surface area contributed by atoms with E-state index in [9.17, 15) is 4.79 Å². The van der Waals surface area contributed by atoms with Gasteiger partial charge >= 0.3 is 0 Å². The van der Waals surface area contributed by atoms with Crippen LogP contribution in [-0.2, 0) is 4.79 Å². The Bertz CT molecular complexity index is 731. The molecule has 3 atom stereocenters. The summed E-state index contributed by atoms with van der Waals surface area (Å²) < 4.78 is 5.66. The van der Waals surface area contributed by atoms with Crippen molar-refractivity contribution in [1.82, 2.24) is 15.5 Å². The van der Waals surface area contributed by atoms with E-state index >= 15 is 0 Å². The summed E-state index contributed by atoms with van der Waals surface area (Å²) in [5.74, 6) is 2.01. The number of hydrogen-bond donors (Lipinski definition) is 1. The molecule has 25 heavy (non-hydrogen) atoms. The van der Waals surface area contributed by atoms with E-state index in [1.54, 1.807) is 0 Å². The van der Waals surface area contributed by atoms with Crippen molar-refractivity contribution in [2.75, 3.05) is 5.75 Å². The molecule has 1 N–H and O–H groups in total. The van der Waals surface area contributed by atoms with E-state index in [0.717, 1.165) is 17.5 Å². The highest BCUT2D eigenvalue weighted by atomic mass is 32.2. The maximum atomic E-state index is 12.2. The summed E-state index contributed by atoms with van der Waals surface area (Å²) >= 11 is 1.29. The van der Waals surface area contributed by atoms with Crippen LogP contribution in [0.1, 0.15) is 38.7 Å². The van der Waals surface area contributed by atoms with Gasteiger partial charge < -0.3 is 9.73 Å². The fourth-order valence-electron chi connectivity index (χ4n) is 3.32. The average molecular weight is 359 g/mol. The molecule has 1 saturated carbocycles. The van der Waals surface area contributed by atoms with Gasteiger partial charge in [-0.05, 0) is 37.3 Å². The highest BCUT2D eigenvalue weighted by molar-refractivity contribution is 7.99. The Morgan fingerprint density at radius 1 is 1.32 bits per heavy atom. The summed E-state index contributed by atoms with van der Waals surface area (Å²) in [6, 6.07) is 8.20. The molecule has 2 aromatic rings. The molecule has 0 unspecified atom stereocenters. The molecular weight excluding hydrogens is 334 g/mol. The van der Waals surface area contributed by atoms with Gasteiger partial charge in [0.1, 0.15) is 0 Å². The van der Waals surface area contributed by atoms with Crippen LogP contribution in [0, 0.1) is 18.8 Å². The van der Waals surface area contributed by atoms with E-state index < -0.39 is 0 Å². The monoisotopic (exact) mass is 359 g/mol. The number of hydrogen-bond acceptors (Lipinski definition) is 5. The first-order chi connectivity index (χ1) is 12.0. The Balaban J connectivity index is 1.53. The Kier molecular flexibility index (Phi) is 5.78. The largest absolute Gasteiger partial charge is 0.411 e. The molecule has 1 aliphatic rings. The van der Waals surface area contributed by atoms with Gasteiger partial charge in [0.2, 0.25) is 11.8 Å². The summed E-state index contributed by atoms with van der Waals surface area (Å²) in [6.07, 6.45) is 3.51. The molecule has 1 amide bonds. The third kappa shape index (κ3) is 4.63. The van der Waals surface area contributed by atoms with Gasteiger partial charge in [-0.2, -0.15) is 0 Å². The minimum Gasteiger partial charge on any atom is -0.411 e. The van der Waals surface area contributed by atoms with E-state index in [1.165, 1.54) is 24.6 Å². The van der Waals surface area contributed by atoms with Gasteiger partial charge in [-0.15, -0.1) is 10.2 Å². The zero-order valence-electron chi connectivity index (χ0n) is 15.0. The summed E-state index contributed by atoms with van der Waals surface area (Å²) in [7, 11) is 0. The molecule has 1 fully saturated rings. The number of rotatable bonds is 5. The first kappa shape index (κ1) is 18.0. The van der Waals surface area contributed by atoms with Crippen LogP contribution in [0.2, 0.25) is 0 Å². The van der Waals surface area contributed by atoms with Crippen molar-refractivity contribution < 1.29 is 9.21 Å². The van der Waals surface area contributed by atoms with E-state index in [-0.39, 0.29) is 11.9 Å². The normalized spacial score (nSPS) is 23.4. The summed E-state index contributed by atoms with van der Waals surface area (Å²) in [6.45, 7) is 6.52. The van der Waals surface area contributed by atoms with Crippen molar-refractivity contribution in [2.24, 2.45) is 11.8 Å². The van der Waals surface area contributed by atoms with Crippen molar-refractivity contribution in [3.63, 3.8) is 0 Å². The first-order valence-corrected chi connectivity index (χ1v) is 9.84. The second kappa shape index (κ2) is 8.04. The lowest BCUT2D eigenvalue weighted by Gasteiger charge is -2.34. The SMILES string of the molecule is Cc1cccc(-c2nnc(SCC(=O)N[C@H]3CCC[C@H](C)[C@@H]3C)o2)c1. The molecular formula is C19H25N3O2S. The molecule has 5 nitrogen and oxygen atoms in total. The van der Waals surface area contributed by atoms with Crippen LogP contribution in [0.5, 0.6) is 0 Å². The second-order valence-electron chi connectivity index (χ2n) is 6.97. The quantitative estimate of drug-likeness (QED) is 0.815. The molecule has 0 saturated heterocycles. The van der Waals surface area contributed by atoms with Crippen LogP contribution < -0.4 is 5.32 Å². The lowest BCUT2D eigenvalue weighted by molar-refractivity contribution is -0.120. The molecule has 3 rings (SSSR count). The predicted octanol–water partition coefficient (Wildman–Crippen LogP) is 4.08. The molecule has 1 heterocycles. The van der Waals surface area contributed by atoms with Gasteiger partial charge in [0.25, 0.3) is 5.22 Å². The molecule has 6 heteroatoms. The van der Waals surface area contributed by atoms with Crippen LogP contribution in [-0.4, -0.2) is 27.9 Å². The van der Waals surface area contributed by atoms with Crippen LogP contribution >= 0.6 is 11.8 Å². The summed E-state index contributed by atoms with van der Waals surface area (Å²) in [5, 5.41) is 11.7. The predicted molar refractivity (Wildman–Crippen MR) is 99.3 cm³/mol. The van der Waals surface area contributed by atoms with Gasteiger partial charge in [0.05, 0.1) is 5.75 Å². The lowest BCUT2D eigenvalue weighted by Crippen LogP contribution is -2.44. The van der Waals surface area contributed by atoms with Crippen molar-refractivity contribution in [2.45, 2.75) is 51.3 Å². The van der Waals surface area contributed by atoms with Gasteiger partial charge in [-0.3, -0.25) is 4.79 Å². The minimum absolute atomic E-state index is 0.0336. The van der Waals surface area contributed by atoms with Crippen LogP contribution in [0.25, 0.3) is 11.5 Å². The number of carbonyl (C=O) groups excluding carboxylic acids is 1. The number of nitrogens with one attached hydrogen (secondary N) is 1. The molecule has 134 valence electrons. The molecule has 1 aliphatic carbocycles. The number of thioether (sulfide) groups is 1. The Labute approximate surface area is 153 Å². The van der Waals surface area contributed by atoms with Gasteiger partial charge in [-0.25, -0.2) is 0 Å². The number of benzene rings is 1. The fraction of sp³-hybridized carbons (Fsp3) is 0.526. The number of carbonyl (C=O) groups is 1. The summed E-state index contributed by atoms with van der Waals surface area (Å²) in [4.78, 5) is 12.2. The number of amides is 1. The maximum absolute atomic E-state index is 12.2. The van der Waals surface area contributed by atoms with Gasteiger partial charge in [-0.1, -0.05) is 56.1 Å². The Morgan fingerprint density at radius 2 is 2.16 bits per heavy atom. The third-order valence-corrected chi connectivity index (χ3v) is 5.87. The molecule has 0 spiro atoms. The molecule has 0 radical (unpaired) electrons. The number of aryl methyl sites for hydroxylation is 1. The van der Waals surface area contributed by atoms with Crippen molar-refractivity contribution in [3.05, 3.63) is 29.8 Å². The third-order valence-electron chi connectivity index (χ3n) is 5.05. The van der Waals surface area contributed by atoms with Crippen LogP contribution in [0.4, 0.5) is 0 Å². The van der Waals surface area contributed by atoms with Crippen molar-refractivity contribution in [1.29, 1.82) is 0 Å². The molecule has 0 bridgehead atoms. The summed E-state index contributed by atoms with van der Waals surface area (Å²) in [5.41, 5.74) is 2.04. The fourth-order valence-corrected chi connectivity index (χ4v) is 3.90. The van der Waals surface area contributed by atoms with E-state index in [2.05, 4.69) is 29.4 Å². The van der Waals surface area contributed by atoms with E-state index in [1.807, 2.05) is 31.2 Å². The highest BCUT2D eigenvalue weighted by Crippen LogP contribution is 2.29. The Hall–Kier alpha value is -1.82. The standard InChI is InChI=1S/C19H25N3O2S/c1-12-6-4-8-15(10-12)18-21-22-19(24-18)25-11-17(23)20-16-9-5-7-13(2)14(16)3/h4,6,8,10,13-14,16H,5,7,9,11H2,1-3H3,(H,20,23)/t13-,14-,16-/m0/s1. The topological polar surface area (TPSA) is 68.0 Å². The smallest absolute Gasteiger partial charge is 0.277 e. The number of nitrogens with zero attached hydrogens (tertiary/aromatic N) is 2. The maximum Gasteiger partial charge on any atom is 0.277 e. The van der Waals surface area contributed by atoms with Crippen LogP contribution in [0.3, 0.4) is 0 Å². The molecule has 1 aromatic carbocycles. The second-order valence-corrected chi connectivity index (χ2v) is 7.90. The van der Waals surface area contributed by atoms with Crippen molar-refractivity contribution >= 4 is 17.7 Å². The van der Waals surface area contributed by atoms with Crippen molar-refractivity contribution in [3.8, 4) is 11.5 Å². The van der Waals surface area contributed by atoms with Gasteiger partial charge in [0, 0.05) is 11.6 Å².